The van der Waals surface area contributed by atoms with Crippen LogP contribution in [0.4, 0.5) is 4.39 Å². The Morgan fingerprint density at radius 2 is 1.90 bits per heavy atom. The first-order valence-electron chi connectivity index (χ1n) is 9.37. The third-order valence-electron chi connectivity index (χ3n) is 5.07. The fourth-order valence-electron chi connectivity index (χ4n) is 3.63. The number of aromatic nitrogens is 4. The van der Waals surface area contributed by atoms with Crippen LogP contribution in [0.2, 0.25) is 0 Å². The Kier molecular flexibility index (Phi) is 5.14. The van der Waals surface area contributed by atoms with Gasteiger partial charge in [-0.05, 0) is 54.4 Å². The van der Waals surface area contributed by atoms with Gasteiger partial charge in [-0.15, -0.1) is 0 Å². The molecule has 4 rings (SSSR count). The molecule has 0 radical (unpaired) electrons. The van der Waals surface area contributed by atoms with E-state index in [1.54, 1.807) is 29.1 Å². The Morgan fingerprint density at radius 1 is 1.13 bits per heavy atom. The van der Waals surface area contributed by atoms with Crippen molar-refractivity contribution in [1.29, 1.82) is 0 Å². The van der Waals surface area contributed by atoms with E-state index in [0.717, 1.165) is 16.8 Å². The summed E-state index contributed by atoms with van der Waals surface area (Å²) in [6.07, 6.45) is 3.65. The number of benzene rings is 1. The van der Waals surface area contributed by atoms with Gasteiger partial charge in [0.15, 0.2) is 0 Å². The summed E-state index contributed by atoms with van der Waals surface area (Å²) in [6.45, 7) is 1.90. The number of fused-ring (bicyclic) bond motifs is 1. The van der Waals surface area contributed by atoms with E-state index in [-0.39, 0.29) is 12.1 Å². The summed E-state index contributed by atoms with van der Waals surface area (Å²) in [5.41, 5.74) is 3.46. The normalized spacial score (nSPS) is 11.1. The van der Waals surface area contributed by atoms with E-state index in [0.29, 0.717) is 29.6 Å². The number of pyridine rings is 1. The lowest BCUT2D eigenvalue weighted by Crippen LogP contribution is -2.23. The standard InChI is InChI=1S/C22H19FN4O3/c1-14-18(19-10-16(23)2-4-20(19)26(14)13-22(29)30)11-17-3-5-21(28)27(25-17)12-15-6-8-24-9-7-15/h2-10H,11-13H2,1H3,(H,29,30). The molecule has 0 amide bonds. The van der Waals surface area contributed by atoms with Crippen LogP contribution in [0.1, 0.15) is 22.5 Å². The van der Waals surface area contributed by atoms with Gasteiger partial charge in [0.05, 0.1) is 12.2 Å². The van der Waals surface area contributed by atoms with Gasteiger partial charge >= 0.3 is 5.97 Å². The van der Waals surface area contributed by atoms with Gasteiger partial charge in [0.25, 0.3) is 5.56 Å². The third-order valence-corrected chi connectivity index (χ3v) is 5.07. The van der Waals surface area contributed by atoms with Crippen LogP contribution in [0.25, 0.3) is 10.9 Å². The molecule has 8 heteroatoms. The molecule has 0 atom stereocenters. The van der Waals surface area contributed by atoms with Crippen LogP contribution in [-0.4, -0.2) is 30.4 Å². The highest BCUT2D eigenvalue weighted by Gasteiger charge is 2.17. The first-order chi connectivity index (χ1) is 14.4. The zero-order valence-corrected chi connectivity index (χ0v) is 16.2. The van der Waals surface area contributed by atoms with Gasteiger partial charge in [-0.3, -0.25) is 14.6 Å². The zero-order valence-electron chi connectivity index (χ0n) is 16.2. The van der Waals surface area contributed by atoms with Crippen molar-refractivity contribution >= 4 is 16.9 Å². The summed E-state index contributed by atoms with van der Waals surface area (Å²) in [7, 11) is 0. The number of carbonyl (C=O) groups is 1. The molecule has 0 aliphatic carbocycles. The highest BCUT2D eigenvalue weighted by atomic mass is 19.1. The largest absolute Gasteiger partial charge is 0.480 e. The molecule has 4 aromatic rings. The predicted molar refractivity (Wildman–Crippen MR) is 109 cm³/mol. The second-order valence-corrected chi connectivity index (χ2v) is 7.06. The van der Waals surface area contributed by atoms with Crippen molar-refractivity contribution in [2.24, 2.45) is 0 Å². The monoisotopic (exact) mass is 406 g/mol. The summed E-state index contributed by atoms with van der Waals surface area (Å²) in [5.74, 6) is -1.37. The van der Waals surface area contributed by atoms with Crippen molar-refractivity contribution in [3.05, 3.63) is 93.5 Å². The predicted octanol–water partition coefficient (Wildman–Crippen LogP) is 2.76. The van der Waals surface area contributed by atoms with E-state index in [4.69, 9.17) is 0 Å². The van der Waals surface area contributed by atoms with Crippen molar-refractivity contribution in [3.63, 3.8) is 0 Å². The molecule has 0 aliphatic rings. The number of carboxylic acid groups (broad SMARTS) is 1. The number of hydrogen-bond donors (Lipinski definition) is 1. The number of halogens is 1. The summed E-state index contributed by atoms with van der Waals surface area (Å²) >= 11 is 0. The van der Waals surface area contributed by atoms with E-state index >= 15 is 0 Å². The molecule has 0 saturated heterocycles. The number of rotatable bonds is 6. The Morgan fingerprint density at radius 3 is 2.63 bits per heavy atom. The van der Waals surface area contributed by atoms with Crippen molar-refractivity contribution < 1.29 is 14.3 Å². The first-order valence-corrected chi connectivity index (χ1v) is 9.37. The van der Waals surface area contributed by atoms with Crippen molar-refractivity contribution in [2.45, 2.75) is 26.4 Å². The quantitative estimate of drug-likeness (QED) is 0.532. The minimum atomic E-state index is -0.977. The van der Waals surface area contributed by atoms with E-state index in [2.05, 4.69) is 10.1 Å². The molecule has 0 bridgehead atoms. The number of nitrogens with zero attached hydrogens (tertiary/aromatic N) is 4. The SMILES string of the molecule is Cc1c(Cc2ccc(=O)n(Cc3ccncc3)n2)c2cc(F)ccc2n1CC(=O)O. The molecule has 7 nitrogen and oxygen atoms in total. The minimum Gasteiger partial charge on any atom is -0.480 e. The topological polar surface area (TPSA) is 90.0 Å². The maximum atomic E-state index is 13.9. The molecule has 0 unspecified atom stereocenters. The van der Waals surface area contributed by atoms with Crippen molar-refractivity contribution in [1.82, 2.24) is 19.3 Å². The zero-order chi connectivity index (χ0) is 21.3. The number of carboxylic acids is 1. The van der Waals surface area contributed by atoms with E-state index in [9.17, 15) is 19.1 Å². The summed E-state index contributed by atoms with van der Waals surface area (Å²) in [5, 5.41) is 14.4. The van der Waals surface area contributed by atoms with E-state index < -0.39 is 11.8 Å². The first kappa shape index (κ1) is 19.5. The van der Waals surface area contributed by atoms with E-state index in [1.807, 2.05) is 19.1 Å². The molecule has 0 fully saturated rings. The van der Waals surface area contributed by atoms with Crippen LogP contribution in [0.3, 0.4) is 0 Å². The molecule has 1 N–H and O–H groups in total. The lowest BCUT2D eigenvalue weighted by atomic mass is 10.1. The molecule has 152 valence electrons. The molecular formula is C22H19FN4O3. The minimum absolute atomic E-state index is 0.219. The maximum absolute atomic E-state index is 13.9. The van der Waals surface area contributed by atoms with Crippen LogP contribution < -0.4 is 5.56 Å². The molecular weight excluding hydrogens is 387 g/mol. The van der Waals surface area contributed by atoms with E-state index in [1.165, 1.54) is 22.9 Å². The fraction of sp³-hybridized carbons (Fsp3) is 0.182. The third kappa shape index (κ3) is 3.84. The Labute approximate surface area is 171 Å². The molecule has 0 saturated carbocycles. The molecule has 0 aliphatic heterocycles. The summed E-state index contributed by atoms with van der Waals surface area (Å²) < 4.78 is 17.0. The average molecular weight is 406 g/mol. The van der Waals surface area contributed by atoms with Gasteiger partial charge in [0, 0.05) is 41.5 Å². The van der Waals surface area contributed by atoms with Gasteiger partial charge in [-0.1, -0.05) is 0 Å². The van der Waals surface area contributed by atoms with Crippen LogP contribution >= 0.6 is 0 Å². The lowest BCUT2D eigenvalue weighted by Gasteiger charge is -2.08. The fourth-order valence-corrected chi connectivity index (χ4v) is 3.63. The van der Waals surface area contributed by atoms with Crippen LogP contribution in [-0.2, 0) is 24.3 Å². The van der Waals surface area contributed by atoms with Gasteiger partial charge in [0.2, 0.25) is 0 Å². The van der Waals surface area contributed by atoms with Crippen LogP contribution in [0.15, 0.2) is 59.7 Å². The average Bonchev–Trinajstić information content (AvgIpc) is 2.96. The summed E-state index contributed by atoms with van der Waals surface area (Å²) in [4.78, 5) is 27.5. The second-order valence-electron chi connectivity index (χ2n) is 7.06. The number of hydrogen-bond acceptors (Lipinski definition) is 4. The maximum Gasteiger partial charge on any atom is 0.323 e. The highest BCUT2D eigenvalue weighted by Crippen LogP contribution is 2.28. The van der Waals surface area contributed by atoms with Crippen LogP contribution in [0.5, 0.6) is 0 Å². The lowest BCUT2D eigenvalue weighted by molar-refractivity contribution is -0.137. The van der Waals surface area contributed by atoms with Crippen LogP contribution in [0, 0.1) is 12.7 Å². The summed E-state index contributed by atoms with van der Waals surface area (Å²) in [6, 6.07) is 11.0. The molecule has 0 spiro atoms. The van der Waals surface area contributed by atoms with Crippen molar-refractivity contribution in [2.75, 3.05) is 0 Å². The van der Waals surface area contributed by atoms with Gasteiger partial charge < -0.3 is 9.67 Å². The highest BCUT2D eigenvalue weighted by molar-refractivity contribution is 5.87. The molecule has 30 heavy (non-hydrogen) atoms. The Hall–Kier alpha value is -3.81. The van der Waals surface area contributed by atoms with Gasteiger partial charge in [0.1, 0.15) is 12.4 Å². The van der Waals surface area contributed by atoms with Gasteiger partial charge in [-0.25, -0.2) is 9.07 Å². The molecule has 1 aromatic carbocycles. The smallest absolute Gasteiger partial charge is 0.323 e. The van der Waals surface area contributed by atoms with Crippen molar-refractivity contribution in [3.8, 4) is 0 Å². The van der Waals surface area contributed by atoms with Gasteiger partial charge in [-0.2, -0.15) is 5.10 Å². The Bertz CT molecular complexity index is 1300. The molecule has 3 heterocycles. The Balaban J connectivity index is 1.75. The second kappa shape index (κ2) is 7.90. The number of aliphatic carboxylic acids is 1. The molecule has 3 aromatic heterocycles.